The SMILES string of the molecule is COc1ccccc1C1=C(Nc2cccc(C)c2C)C(=O)N(c2cccc(C)c2C)C1=O. The number of aryl methyl sites for hydroxylation is 2. The summed E-state index contributed by atoms with van der Waals surface area (Å²) in [6, 6.07) is 18.7. The number of nitrogens with zero attached hydrogens (tertiary/aromatic N) is 1. The Hall–Kier alpha value is -3.86. The zero-order valence-corrected chi connectivity index (χ0v) is 18.9. The third kappa shape index (κ3) is 3.46. The van der Waals surface area contributed by atoms with Crippen molar-refractivity contribution < 1.29 is 14.3 Å². The fourth-order valence-electron chi connectivity index (χ4n) is 3.96. The highest BCUT2D eigenvalue weighted by Crippen LogP contribution is 2.39. The average molecular weight is 427 g/mol. The Morgan fingerprint density at radius 1 is 0.750 bits per heavy atom. The van der Waals surface area contributed by atoms with Crippen molar-refractivity contribution in [1.82, 2.24) is 0 Å². The molecule has 3 aromatic rings. The topological polar surface area (TPSA) is 58.6 Å². The van der Waals surface area contributed by atoms with Crippen LogP contribution in [-0.4, -0.2) is 18.9 Å². The fraction of sp³-hybridized carbons (Fsp3) is 0.185. The first-order chi connectivity index (χ1) is 15.3. The summed E-state index contributed by atoms with van der Waals surface area (Å²) in [7, 11) is 1.56. The van der Waals surface area contributed by atoms with E-state index in [2.05, 4.69) is 5.32 Å². The quantitative estimate of drug-likeness (QED) is 0.561. The maximum atomic E-state index is 13.8. The molecule has 162 valence electrons. The number of hydrogen-bond acceptors (Lipinski definition) is 4. The van der Waals surface area contributed by atoms with Crippen LogP contribution in [-0.2, 0) is 9.59 Å². The molecule has 0 saturated heterocycles. The number of amides is 2. The zero-order valence-electron chi connectivity index (χ0n) is 18.9. The number of benzene rings is 3. The monoisotopic (exact) mass is 426 g/mol. The van der Waals surface area contributed by atoms with Gasteiger partial charge in [0.25, 0.3) is 11.8 Å². The molecule has 1 aliphatic rings. The van der Waals surface area contributed by atoms with E-state index >= 15 is 0 Å². The second-order valence-electron chi connectivity index (χ2n) is 7.99. The number of methoxy groups -OCH3 is 1. The predicted molar refractivity (Wildman–Crippen MR) is 128 cm³/mol. The molecule has 1 N–H and O–H groups in total. The van der Waals surface area contributed by atoms with Crippen LogP contribution in [0.25, 0.3) is 5.57 Å². The number of rotatable bonds is 5. The van der Waals surface area contributed by atoms with Gasteiger partial charge in [0.1, 0.15) is 11.4 Å². The highest BCUT2D eigenvalue weighted by Gasteiger charge is 2.42. The van der Waals surface area contributed by atoms with Crippen LogP contribution in [0, 0.1) is 27.7 Å². The minimum atomic E-state index is -0.384. The van der Waals surface area contributed by atoms with Crippen LogP contribution in [0.4, 0.5) is 11.4 Å². The van der Waals surface area contributed by atoms with Gasteiger partial charge >= 0.3 is 0 Å². The summed E-state index contributed by atoms with van der Waals surface area (Å²) in [6.45, 7) is 7.89. The van der Waals surface area contributed by atoms with Gasteiger partial charge in [-0.3, -0.25) is 9.59 Å². The number of ether oxygens (including phenoxy) is 1. The molecule has 0 radical (unpaired) electrons. The molecule has 0 atom stereocenters. The van der Waals surface area contributed by atoms with Crippen LogP contribution in [0.5, 0.6) is 5.75 Å². The fourth-order valence-corrected chi connectivity index (χ4v) is 3.96. The molecule has 1 heterocycles. The summed E-state index contributed by atoms with van der Waals surface area (Å²) in [5.41, 5.74) is 6.51. The molecule has 5 heteroatoms. The lowest BCUT2D eigenvalue weighted by atomic mass is 10.0. The Labute approximate surface area is 188 Å². The van der Waals surface area contributed by atoms with Crippen molar-refractivity contribution >= 4 is 28.8 Å². The maximum absolute atomic E-state index is 13.8. The second kappa shape index (κ2) is 8.35. The summed E-state index contributed by atoms with van der Waals surface area (Å²) < 4.78 is 5.52. The molecule has 0 aromatic heterocycles. The van der Waals surface area contributed by atoms with Crippen molar-refractivity contribution in [3.63, 3.8) is 0 Å². The molecule has 0 unspecified atom stereocenters. The molecule has 3 aromatic carbocycles. The van der Waals surface area contributed by atoms with Crippen molar-refractivity contribution in [2.45, 2.75) is 27.7 Å². The first kappa shape index (κ1) is 21.4. The van der Waals surface area contributed by atoms with Gasteiger partial charge in [0.05, 0.1) is 18.4 Å². The first-order valence-electron chi connectivity index (χ1n) is 10.5. The minimum absolute atomic E-state index is 0.245. The normalized spacial score (nSPS) is 13.7. The lowest BCUT2D eigenvalue weighted by Gasteiger charge is -2.19. The van der Waals surface area contributed by atoms with E-state index in [9.17, 15) is 9.59 Å². The number of nitrogens with one attached hydrogen (secondary N) is 1. The van der Waals surface area contributed by atoms with Gasteiger partial charge in [-0.1, -0.05) is 42.5 Å². The third-order valence-corrected chi connectivity index (χ3v) is 6.14. The standard InChI is InChI=1S/C27H26N2O3/c1-16-10-8-13-21(18(16)3)28-25-24(20-12-6-7-15-23(20)32-5)26(30)29(27(25)31)22-14-9-11-17(2)19(22)4/h6-15,28H,1-5H3. The Kier molecular flexibility index (Phi) is 5.57. The molecular formula is C27H26N2O3. The van der Waals surface area contributed by atoms with E-state index in [1.54, 1.807) is 25.3 Å². The number of imide groups is 1. The smallest absolute Gasteiger partial charge is 0.282 e. The molecular weight excluding hydrogens is 400 g/mol. The van der Waals surface area contributed by atoms with Crippen LogP contribution < -0.4 is 15.0 Å². The van der Waals surface area contributed by atoms with Crippen molar-refractivity contribution in [3.8, 4) is 5.75 Å². The highest BCUT2D eigenvalue weighted by molar-refractivity contribution is 6.46. The van der Waals surface area contributed by atoms with Crippen LogP contribution in [0.1, 0.15) is 27.8 Å². The number of carbonyl (C=O) groups excluding carboxylic acids is 2. The first-order valence-corrected chi connectivity index (χ1v) is 10.5. The van der Waals surface area contributed by atoms with E-state index in [1.807, 2.05) is 70.2 Å². The van der Waals surface area contributed by atoms with Crippen LogP contribution in [0.3, 0.4) is 0 Å². The Morgan fingerprint density at radius 2 is 1.41 bits per heavy atom. The molecule has 0 aliphatic carbocycles. The van der Waals surface area contributed by atoms with E-state index in [-0.39, 0.29) is 17.5 Å². The molecule has 32 heavy (non-hydrogen) atoms. The highest BCUT2D eigenvalue weighted by atomic mass is 16.5. The lowest BCUT2D eigenvalue weighted by Crippen LogP contribution is -2.33. The molecule has 0 saturated carbocycles. The summed E-state index contributed by atoms with van der Waals surface area (Å²) >= 11 is 0. The van der Waals surface area contributed by atoms with Crippen molar-refractivity contribution in [2.24, 2.45) is 0 Å². The van der Waals surface area contributed by atoms with Gasteiger partial charge in [0.2, 0.25) is 0 Å². The lowest BCUT2D eigenvalue weighted by molar-refractivity contribution is -0.120. The molecule has 0 bridgehead atoms. The summed E-state index contributed by atoms with van der Waals surface area (Å²) in [4.78, 5) is 28.7. The average Bonchev–Trinajstić information content (AvgIpc) is 3.02. The summed E-state index contributed by atoms with van der Waals surface area (Å²) in [5, 5.41) is 3.28. The Bertz CT molecular complexity index is 1270. The summed E-state index contributed by atoms with van der Waals surface area (Å²) in [6.07, 6.45) is 0. The predicted octanol–water partition coefficient (Wildman–Crippen LogP) is 5.33. The Morgan fingerprint density at radius 3 is 2.12 bits per heavy atom. The third-order valence-electron chi connectivity index (χ3n) is 6.14. The Balaban J connectivity index is 1.92. The summed E-state index contributed by atoms with van der Waals surface area (Å²) in [5.74, 6) is -0.224. The van der Waals surface area contributed by atoms with Crippen LogP contribution in [0.15, 0.2) is 66.4 Å². The number of anilines is 2. The van der Waals surface area contributed by atoms with Gasteiger partial charge in [-0.15, -0.1) is 0 Å². The van der Waals surface area contributed by atoms with Crippen molar-refractivity contribution in [1.29, 1.82) is 0 Å². The zero-order chi connectivity index (χ0) is 23.0. The van der Waals surface area contributed by atoms with Gasteiger partial charge in [-0.25, -0.2) is 4.90 Å². The van der Waals surface area contributed by atoms with Gasteiger partial charge in [0.15, 0.2) is 0 Å². The number of para-hydroxylation sites is 1. The molecule has 4 rings (SSSR count). The minimum Gasteiger partial charge on any atom is -0.496 e. The molecule has 1 aliphatic heterocycles. The van der Waals surface area contributed by atoms with Crippen LogP contribution in [0.2, 0.25) is 0 Å². The van der Waals surface area contributed by atoms with E-state index in [0.29, 0.717) is 22.6 Å². The largest absolute Gasteiger partial charge is 0.496 e. The molecule has 2 amide bonds. The van der Waals surface area contributed by atoms with Gasteiger partial charge in [-0.2, -0.15) is 0 Å². The second-order valence-corrected chi connectivity index (χ2v) is 7.99. The van der Waals surface area contributed by atoms with Crippen molar-refractivity contribution in [3.05, 3.63) is 94.2 Å². The van der Waals surface area contributed by atoms with Gasteiger partial charge in [0, 0.05) is 11.3 Å². The van der Waals surface area contributed by atoms with Crippen molar-refractivity contribution in [2.75, 3.05) is 17.3 Å². The van der Waals surface area contributed by atoms with E-state index < -0.39 is 0 Å². The number of carbonyl (C=O) groups is 2. The molecule has 0 spiro atoms. The van der Waals surface area contributed by atoms with E-state index in [0.717, 1.165) is 27.9 Å². The van der Waals surface area contributed by atoms with Gasteiger partial charge < -0.3 is 10.1 Å². The maximum Gasteiger partial charge on any atom is 0.282 e. The van der Waals surface area contributed by atoms with E-state index in [4.69, 9.17) is 4.74 Å². The van der Waals surface area contributed by atoms with E-state index in [1.165, 1.54) is 4.90 Å². The number of hydrogen-bond donors (Lipinski definition) is 1. The molecule has 0 fully saturated rings. The van der Waals surface area contributed by atoms with Crippen LogP contribution >= 0.6 is 0 Å². The van der Waals surface area contributed by atoms with Gasteiger partial charge in [-0.05, 0) is 68.1 Å². The molecule has 5 nitrogen and oxygen atoms in total.